The number of fused-ring (bicyclic) bond motifs is 1. The molecule has 2 heterocycles. The third-order valence-corrected chi connectivity index (χ3v) is 6.03. The van der Waals surface area contributed by atoms with Crippen molar-refractivity contribution in [1.82, 2.24) is 9.97 Å². The van der Waals surface area contributed by atoms with E-state index in [2.05, 4.69) is 9.97 Å². The summed E-state index contributed by atoms with van der Waals surface area (Å²) < 4.78 is 13.8. The number of carbonyl (C=O) groups excluding carboxylic acids is 2. The first-order chi connectivity index (χ1) is 17.2. The molecule has 0 spiro atoms. The molecule has 0 bridgehead atoms. The summed E-state index contributed by atoms with van der Waals surface area (Å²) in [6.45, 7) is 1.50. The quantitative estimate of drug-likeness (QED) is 0.193. The lowest BCUT2D eigenvalue weighted by Gasteiger charge is -2.23. The molecule has 10 heteroatoms. The topological polar surface area (TPSA) is 144 Å². The maximum atomic E-state index is 13.8. The van der Waals surface area contributed by atoms with Crippen molar-refractivity contribution in [2.75, 3.05) is 4.90 Å². The number of aliphatic hydroxyl groups is 1. The monoisotopic (exact) mass is 487 g/mol. The summed E-state index contributed by atoms with van der Waals surface area (Å²) in [6.07, 6.45) is 0. The highest BCUT2D eigenvalue weighted by Gasteiger charge is 2.48. The molecule has 1 fully saturated rings. The lowest BCUT2D eigenvalue weighted by molar-refractivity contribution is -0.132. The zero-order chi connectivity index (χ0) is 25.7. The van der Waals surface area contributed by atoms with Crippen LogP contribution in [0.3, 0.4) is 0 Å². The number of carboxylic acids is 1. The van der Waals surface area contributed by atoms with E-state index < -0.39 is 35.3 Å². The Morgan fingerprint density at radius 2 is 1.69 bits per heavy atom. The van der Waals surface area contributed by atoms with Crippen LogP contribution >= 0.6 is 0 Å². The molecule has 5 rings (SSSR count). The van der Waals surface area contributed by atoms with Crippen LogP contribution in [0.25, 0.3) is 16.8 Å². The number of Topliss-reactive ketones (excluding diaryl/α,β-unsaturated/α-hetero) is 1. The van der Waals surface area contributed by atoms with Gasteiger partial charge in [-0.3, -0.25) is 14.5 Å². The van der Waals surface area contributed by atoms with Gasteiger partial charge in [-0.1, -0.05) is 12.1 Å². The Morgan fingerprint density at radius 3 is 2.36 bits per heavy atom. The number of benzene rings is 3. The average Bonchev–Trinajstić information content (AvgIpc) is 3.38. The number of phenols is 1. The molecule has 4 N–H and O–H groups in total. The molecular weight excluding hydrogens is 469 g/mol. The van der Waals surface area contributed by atoms with Gasteiger partial charge >= 0.3 is 11.9 Å². The number of anilines is 1. The minimum absolute atomic E-state index is 0.00141. The minimum atomic E-state index is -1.15. The minimum Gasteiger partial charge on any atom is -0.508 e. The number of nitrogens with zero attached hydrogens (tertiary/aromatic N) is 2. The van der Waals surface area contributed by atoms with Gasteiger partial charge in [-0.2, -0.15) is 0 Å². The number of aromatic hydroxyl groups is 1. The third kappa shape index (κ3) is 3.65. The summed E-state index contributed by atoms with van der Waals surface area (Å²) >= 11 is 0. The molecule has 36 heavy (non-hydrogen) atoms. The van der Waals surface area contributed by atoms with E-state index >= 15 is 0 Å². The van der Waals surface area contributed by atoms with E-state index in [1.54, 1.807) is 0 Å². The van der Waals surface area contributed by atoms with Gasteiger partial charge in [0.05, 0.1) is 28.2 Å². The van der Waals surface area contributed by atoms with Gasteiger partial charge in [0.2, 0.25) is 5.95 Å². The number of ketones is 1. The number of aromatic nitrogens is 2. The van der Waals surface area contributed by atoms with Crippen molar-refractivity contribution in [3.8, 4) is 5.75 Å². The Morgan fingerprint density at radius 1 is 1.00 bits per heavy atom. The lowest BCUT2D eigenvalue weighted by Crippen LogP contribution is -2.30. The van der Waals surface area contributed by atoms with Crippen LogP contribution in [0.15, 0.2) is 66.2 Å². The van der Waals surface area contributed by atoms with Crippen molar-refractivity contribution >= 4 is 40.4 Å². The summed E-state index contributed by atoms with van der Waals surface area (Å²) in [7, 11) is 0. The second-order valence-corrected chi connectivity index (χ2v) is 8.32. The predicted octanol–water partition coefficient (Wildman–Crippen LogP) is 4.04. The van der Waals surface area contributed by atoms with Crippen LogP contribution in [-0.4, -0.2) is 42.9 Å². The molecule has 0 saturated carbocycles. The fourth-order valence-corrected chi connectivity index (χ4v) is 4.21. The van der Waals surface area contributed by atoms with Gasteiger partial charge in [-0.25, -0.2) is 14.2 Å². The van der Waals surface area contributed by atoms with Crippen molar-refractivity contribution in [2.45, 2.75) is 13.0 Å². The number of phenolic OH excluding ortho intramolecular Hbond substituents is 1. The van der Waals surface area contributed by atoms with Crippen molar-refractivity contribution in [2.24, 2.45) is 0 Å². The number of amides is 1. The molecule has 1 aromatic heterocycles. The number of aromatic carboxylic acids is 1. The number of halogens is 1. The van der Waals surface area contributed by atoms with Crippen molar-refractivity contribution < 1.29 is 34.1 Å². The first-order valence-electron chi connectivity index (χ1n) is 10.7. The predicted molar refractivity (Wildman–Crippen MR) is 127 cm³/mol. The average molecular weight is 487 g/mol. The normalized spacial score (nSPS) is 17.2. The van der Waals surface area contributed by atoms with Gasteiger partial charge in [0.1, 0.15) is 17.3 Å². The Bertz CT molecular complexity index is 1610. The van der Waals surface area contributed by atoms with Crippen molar-refractivity contribution in [3.63, 3.8) is 0 Å². The zero-order valence-electron chi connectivity index (χ0n) is 18.7. The summed E-state index contributed by atoms with van der Waals surface area (Å²) in [4.78, 5) is 46.1. The number of hydrogen-bond acceptors (Lipinski definition) is 6. The van der Waals surface area contributed by atoms with Crippen LogP contribution in [-0.2, 0) is 9.59 Å². The van der Waals surface area contributed by atoms with Crippen LogP contribution in [0.5, 0.6) is 5.75 Å². The van der Waals surface area contributed by atoms with Gasteiger partial charge in [-0.15, -0.1) is 0 Å². The van der Waals surface area contributed by atoms with Crippen molar-refractivity contribution in [3.05, 3.63) is 94.3 Å². The Labute approximate surface area is 202 Å². The largest absolute Gasteiger partial charge is 0.508 e. The smallest absolute Gasteiger partial charge is 0.335 e. The maximum absolute atomic E-state index is 13.8. The van der Waals surface area contributed by atoms with E-state index in [0.717, 1.165) is 11.0 Å². The molecule has 1 unspecified atom stereocenters. The highest BCUT2D eigenvalue weighted by Crippen LogP contribution is 2.42. The van der Waals surface area contributed by atoms with E-state index in [-0.39, 0.29) is 34.0 Å². The van der Waals surface area contributed by atoms with Crippen LogP contribution in [0.4, 0.5) is 10.3 Å². The van der Waals surface area contributed by atoms with Gasteiger partial charge in [0, 0.05) is 5.56 Å². The second kappa shape index (κ2) is 8.35. The van der Waals surface area contributed by atoms with Crippen molar-refractivity contribution in [1.29, 1.82) is 0 Å². The van der Waals surface area contributed by atoms with E-state index in [1.807, 2.05) is 0 Å². The summed E-state index contributed by atoms with van der Waals surface area (Å²) in [5.74, 6) is -4.19. The number of aryl methyl sites for hydroxylation is 1. The van der Waals surface area contributed by atoms with Gasteiger partial charge in [-0.05, 0) is 66.6 Å². The van der Waals surface area contributed by atoms with Crippen LogP contribution in [0.2, 0.25) is 0 Å². The SMILES string of the molecule is Cc1cc(/C(O)=C2\C(=O)C(=O)N(c3nc4ccc(C(=O)O)cc4[nH]3)C2c2ccc(O)cc2)ccc1F. The molecule has 0 aliphatic carbocycles. The number of aliphatic hydroxyl groups excluding tert-OH is 1. The van der Waals surface area contributed by atoms with Crippen LogP contribution in [0, 0.1) is 12.7 Å². The van der Waals surface area contributed by atoms with E-state index in [0.29, 0.717) is 16.6 Å². The summed E-state index contributed by atoms with van der Waals surface area (Å²) in [6, 6.07) is 12.6. The summed E-state index contributed by atoms with van der Waals surface area (Å²) in [5, 5.41) is 30.1. The molecule has 1 amide bonds. The third-order valence-electron chi connectivity index (χ3n) is 6.03. The lowest BCUT2D eigenvalue weighted by atomic mass is 9.95. The zero-order valence-corrected chi connectivity index (χ0v) is 18.7. The number of aromatic amines is 1. The molecule has 9 nitrogen and oxygen atoms in total. The Kier molecular flexibility index (Phi) is 5.28. The Balaban J connectivity index is 1.72. The molecule has 180 valence electrons. The van der Waals surface area contributed by atoms with Gasteiger partial charge in [0.25, 0.3) is 5.78 Å². The first kappa shape index (κ1) is 22.8. The van der Waals surface area contributed by atoms with Gasteiger partial charge < -0.3 is 20.3 Å². The first-order valence-corrected chi connectivity index (χ1v) is 10.7. The number of H-pyrrole nitrogens is 1. The Hall–Kier alpha value is -4.99. The van der Waals surface area contributed by atoms with E-state index in [4.69, 9.17) is 0 Å². The molecule has 4 aromatic rings. The number of carboxylic acid groups (broad SMARTS) is 1. The number of nitrogens with one attached hydrogen (secondary N) is 1. The fourth-order valence-electron chi connectivity index (χ4n) is 4.21. The van der Waals surface area contributed by atoms with E-state index in [1.165, 1.54) is 61.5 Å². The highest BCUT2D eigenvalue weighted by atomic mass is 19.1. The van der Waals surface area contributed by atoms with E-state index in [9.17, 15) is 34.1 Å². The molecule has 0 radical (unpaired) electrons. The molecule has 1 saturated heterocycles. The molecule has 1 atom stereocenters. The fraction of sp³-hybridized carbons (Fsp3) is 0.0769. The molecule has 1 aliphatic rings. The molecular formula is C26H18FN3O6. The number of imidazole rings is 1. The second-order valence-electron chi connectivity index (χ2n) is 8.32. The van der Waals surface area contributed by atoms with Crippen LogP contribution < -0.4 is 4.90 Å². The number of hydrogen-bond donors (Lipinski definition) is 4. The molecule has 3 aromatic carbocycles. The molecule has 1 aliphatic heterocycles. The number of rotatable bonds is 4. The summed E-state index contributed by atoms with van der Waals surface area (Å²) in [5.41, 5.74) is 1.21. The highest BCUT2D eigenvalue weighted by molar-refractivity contribution is 6.51. The number of carbonyl (C=O) groups is 3. The van der Waals surface area contributed by atoms with Gasteiger partial charge in [0.15, 0.2) is 0 Å². The maximum Gasteiger partial charge on any atom is 0.335 e. The van der Waals surface area contributed by atoms with Crippen LogP contribution in [0.1, 0.15) is 33.1 Å². The standard InChI is InChI=1S/C26H18FN3O6/c1-12-10-14(4-8-17(12)27)22(32)20-21(13-2-6-16(31)7-3-13)30(24(34)23(20)33)26-28-18-9-5-15(25(35)36)11-19(18)29-26/h2-11,21,31-32H,1H3,(H,28,29)(H,35,36)/b22-20+.